The van der Waals surface area contributed by atoms with Crippen LogP contribution in [0.15, 0.2) is 78.9 Å². The molecule has 0 radical (unpaired) electrons. The van der Waals surface area contributed by atoms with Crippen molar-refractivity contribution in [2.75, 3.05) is 12.4 Å². The number of rotatable bonds is 5. The molecule has 0 aliphatic rings. The van der Waals surface area contributed by atoms with Gasteiger partial charge in [-0.05, 0) is 30.3 Å². The van der Waals surface area contributed by atoms with Gasteiger partial charge in [-0.15, -0.1) is 0 Å². The van der Waals surface area contributed by atoms with Gasteiger partial charge in [-0.2, -0.15) is 0 Å². The lowest BCUT2D eigenvalue weighted by molar-refractivity contribution is 0.103. The molecule has 28 heavy (non-hydrogen) atoms. The van der Waals surface area contributed by atoms with Crippen molar-refractivity contribution in [2.24, 2.45) is 0 Å². The molecule has 0 saturated heterocycles. The Hall–Kier alpha value is -3.37. The molecule has 1 N–H and O–H groups in total. The second-order valence-corrected chi connectivity index (χ2v) is 6.67. The van der Waals surface area contributed by atoms with Crippen molar-refractivity contribution in [3.8, 4) is 5.75 Å². The lowest BCUT2D eigenvalue weighted by Crippen LogP contribution is -2.06. The van der Waals surface area contributed by atoms with Gasteiger partial charge in [0, 0.05) is 27.6 Å². The van der Waals surface area contributed by atoms with Crippen LogP contribution in [0.3, 0.4) is 0 Å². The van der Waals surface area contributed by atoms with Crippen LogP contribution in [0, 0.1) is 0 Å². The summed E-state index contributed by atoms with van der Waals surface area (Å²) in [5.41, 5.74) is 2.64. The van der Waals surface area contributed by atoms with E-state index in [2.05, 4.69) is 10.3 Å². The number of para-hydroxylation sites is 1. The second-order valence-electron chi connectivity index (χ2n) is 6.24. The Labute approximate surface area is 167 Å². The summed E-state index contributed by atoms with van der Waals surface area (Å²) in [7, 11) is 1.60. The molecule has 0 unspecified atom stereocenters. The average molecular weight is 389 g/mol. The molecule has 0 aliphatic heterocycles. The number of halogens is 1. The van der Waals surface area contributed by atoms with Crippen LogP contribution in [-0.4, -0.2) is 17.9 Å². The third-order valence-electron chi connectivity index (χ3n) is 4.42. The highest BCUT2D eigenvalue weighted by Gasteiger charge is 2.14. The van der Waals surface area contributed by atoms with Gasteiger partial charge in [0.25, 0.3) is 0 Å². The molecule has 0 bridgehead atoms. The van der Waals surface area contributed by atoms with Gasteiger partial charge < -0.3 is 10.1 Å². The second kappa shape index (κ2) is 7.71. The van der Waals surface area contributed by atoms with E-state index in [-0.39, 0.29) is 5.78 Å². The third kappa shape index (κ3) is 3.55. The number of carbonyl (C=O) groups is 1. The van der Waals surface area contributed by atoms with E-state index in [1.54, 1.807) is 37.4 Å². The molecular formula is C23H17ClN2O2. The summed E-state index contributed by atoms with van der Waals surface area (Å²) in [5, 5.41) is 4.71. The Morgan fingerprint density at radius 1 is 0.964 bits per heavy atom. The number of carbonyl (C=O) groups excluding carboxylic acids is 1. The monoisotopic (exact) mass is 388 g/mol. The zero-order valence-electron chi connectivity index (χ0n) is 15.1. The number of hydrogen-bond acceptors (Lipinski definition) is 4. The Balaban J connectivity index is 1.74. The molecule has 138 valence electrons. The molecule has 0 fully saturated rings. The molecule has 4 nitrogen and oxygen atoms in total. The summed E-state index contributed by atoms with van der Waals surface area (Å²) >= 11 is 6.09. The first-order valence-corrected chi connectivity index (χ1v) is 9.13. The predicted molar refractivity (Wildman–Crippen MR) is 113 cm³/mol. The number of nitrogens with one attached hydrogen (secondary N) is 1. The SMILES string of the molecule is COc1cc(Nc2ccccc2C(=O)c2ccccc2)nc2ccc(Cl)cc12. The van der Waals surface area contributed by atoms with Crippen LogP contribution in [0.1, 0.15) is 15.9 Å². The van der Waals surface area contributed by atoms with Gasteiger partial charge in [0.2, 0.25) is 0 Å². The number of benzene rings is 3. The van der Waals surface area contributed by atoms with Crippen molar-refractivity contribution in [1.29, 1.82) is 0 Å². The summed E-state index contributed by atoms with van der Waals surface area (Å²) in [6, 6.07) is 23.8. The van der Waals surface area contributed by atoms with E-state index in [1.165, 1.54) is 0 Å². The molecule has 1 aromatic heterocycles. The van der Waals surface area contributed by atoms with Crippen molar-refractivity contribution in [3.05, 3.63) is 95.0 Å². The van der Waals surface area contributed by atoms with Crippen molar-refractivity contribution in [1.82, 2.24) is 4.98 Å². The summed E-state index contributed by atoms with van der Waals surface area (Å²) in [6.45, 7) is 0. The van der Waals surface area contributed by atoms with E-state index >= 15 is 0 Å². The van der Waals surface area contributed by atoms with Crippen molar-refractivity contribution >= 4 is 39.8 Å². The number of methoxy groups -OCH3 is 1. The first-order chi connectivity index (χ1) is 13.7. The van der Waals surface area contributed by atoms with Gasteiger partial charge in [0.1, 0.15) is 11.6 Å². The van der Waals surface area contributed by atoms with Crippen molar-refractivity contribution in [2.45, 2.75) is 0 Å². The van der Waals surface area contributed by atoms with Gasteiger partial charge in [-0.25, -0.2) is 4.98 Å². The number of ether oxygens (including phenoxy) is 1. The Morgan fingerprint density at radius 2 is 1.71 bits per heavy atom. The fraction of sp³-hybridized carbons (Fsp3) is 0.0435. The Kier molecular flexibility index (Phi) is 4.96. The molecule has 5 heteroatoms. The van der Waals surface area contributed by atoms with E-state index in [1.807, 2.05) is 48.5 Å². The summed E-state index contributed by atoms with van der Waals surface area (Å²) in [5.74, 6) is 1.19. The normalized spacial score (nSPS) is 10.6. The minimum Gasteiger partial charge on any atom is -0.496 e. The quantitative estimate of drug-likeness (QED) is 0.434. The molecule has 4 aromatic rings. The highest BCUT2D eigenvalue weighted by Crippen LogP contribution is 2.31. The maximum absolute atomic E-state index is 12.9. The zero-order chi connectivity index (χ0) is 19.5. The number of pyridine rings is 1. The molecule has 3 aromatic carbocycles. The van der Waals surface area contributed by atoms with Gasteiger partial charge >= 0.3 is 0 Å². The molecule has 4 rings (SSSR count). The maximum Gasteiger partial charge on any atom is 0.195 e. The first-order valence-electron chi connectivity index (χ1n) is 8.76. The Morgan fingerprint density at radius 3 is 2.50 bits per heavy atom. The van der Waals surface area contributed by atoms with Crippen LogP contribution in [0.2, 0.25) is 5.02 Å². The van der Waals surface area contributed by atoms with E-state index in [4.69, 9.17) is 16.3 Å². The van der Waals surface area contributed by atoms with Crippen LogP contribution >= 0.6 is 11.6 Å². The zero-order valence-corrected chi connectivity index (χ0v) is 15.9. The number of aromatic nitrogens is 1. The molecule has 1 heterocycles. The smallest absolute Gasteiger partial charge is 0.195 e. The summed E-state index contributed by atoms with van der Waals surface area (Å²) in [4.78, 5) is 17.6. The number of hydrogen-bond donors (Lipinski definition) is 1. The molecule has 0 amide bonds. The molecule has 0 saturated carbocycles. The van der Waals surface area contributed by atoms with E-state index in [0.717, 1.165) is 10.9 Å². The molecule has 0 atom stereocenters. The summed E-state index contributed by atoms with van der Waals surface area (Å²) < 4.78 is 5.50. The lowest BCUT2D eigenvalue weighted by atomic mass is 10.0. The first kappa shape index (κ1) is 18.0. The molecule has 0 spiro atoms. The van der Waals surface area contributed by atoms with Gasteiger partial charge in [-0.3, -0.25) is 4.79 Å². The summed E-state index contributed by atoms with van der Waals surface area (Å²) in [6.07, 6.45) is 0. The van der Waals surface area contributed by atoms with Crippen molar-refractivity contribution in [3.63, 3.8) is 0 Å². The third-order valence-corrected chi connectivity index (χ3v) is 4.66. The largest absolute Gasteiger partial charge is 0.496 e. The number of fused-ring (bicyclic) bond motifs is 1. The van der Waals surface area contributed by atoms with E-state index in [9.17, 15) is 4.79 Å². The number of anilines is 2. The van der Waals surface area contributed by atoms with E-state index in [0.29, 0.717) is 33.4 Å². The topological polar surface area (TPSA) is 51.2 Å². The highest BCUT2D eigenvalue weighted by atomic mass is 35.5. The standard InChI is InChI=1S/C23H17ClN2O2/c1-28-21-14-22(26-20-12-11-16(24)13-18(20)21)25-19-10-6-5-9-17(19)23(27)15-7-3-2-4-8-15/h2-14H,1H3,(H,25,26). The van der Waals surface area contributed by atoms with E-state index < -0.39 is 0 Å². The lowest BCUT2D eigenvalue weighted by Gasteiger charge is -2.13. The number of nitrogens with zero attached hydrogens (tertiary/aromatic N) is 1. The predicted octanol–water partition coefficient (Wildman–Crippen LogP) is 5.87. The fourth-order valence-electron chi connectivity index (χ4n) is 3.07. The Bertz CT molecular complexity index is 1160. The molecular weight excluding hydrogens is 372 g/mol. The highest BCUT2D eigenvalue weighted by molar-refractivity contribution is 6.31. The fourth-order valence-corrected chi connectivity index (χ4v) is 3.25. The maximum atomic E-state index is 12.9. The van der Waals surface area contributed by atoms with Crippen LogP contribution in [0.4, 0.5) is 11.5 Å². The minimum atomic E-state index is -0.0526. The minimum absolute atomic E-state index is 0.0526. The van der Waals surface area contributed by atoms with Gasteiger partial charge in [0.05, 0.1) is 18.3 Å². The van der Waals surface area contributed by atoms with Crippen molar-refractivity contribution < 1.29 is 9.53 Å². The average Bonchev–Trinajstić information content (AvgIpc) is 2.74. The van der Waals surface area contributed by atoms with Crippen LogP contribution < -0.4 is 10.1 Å². The van der Waals surface area contributed by atoms with Gasteiger partial charge in [0.15, 0.2) is 5.78 Å². The number of ketones is 1. The van der Waals surface area contributed by atoms with Crippen LogP contribution in [-0.2, 0) is 0 Å². The van der Waals surface area contributed by atoms with Crippen LogP contribution in [0.25, 0.3) is 10.9 Å². The molecule has 0 aliphatic carbocycles. The van der Waals surface area contributed by atoms with Gasteiger partial charge in [-0.1, -0.05) is 54.1 Å². The van der Waals surface area contributed by atoms with Crippen LogP contribution in [0.5, 0.6) is 5.75 Å².